The molecule has 0 aliphatic carbocycles. The molecule has 0 unspecified atom stereocenters. The molecule has 1 saturated heterocycles. The average Bonchev–Trinajstić information content (AvgIpc) is 2.57. The normalized spacial score (nSPS) is 18.9. The fourth-order valence-electron chi connectivity index (χ4n) is 3.40. The van der Waals surface area contributed by atoms with Gasteiger partial charge in [-0.15, -0.1) is 0 Å². The van der Waals surface area contributed by atoms with Gasteiger partial charge in [0.15, 0.2) is 0 Å². The second-order valence-electron chi connectivity index (χ2n) is 6.78. The molecule has 3 heteroatoms. The summed E-state index contributed by atoms with van der Waals surface area (Å²) in [5.41, 5.74) is 6.08. The highest BCUT2D eigenvalue weighted by atomic mass is 16.2. The summed E-state index contributed by atoms with van der Waals surface area (Å²) in [5, 5.41) is 0. The lowest BCUT2D eigenvalue weighted by molar-refractivity contribution is -0.125. The maximum absolute atomic E-state index is 13.0. The van der Waals surface area contributed by atoms with E-state index in [1.54, 1.807) is 0 Å². The summed E-state index contributed by atoms with van der Waals surface area (Å²) in [6.07, 6.45) is 0. The molecule has 1 aliphatic heterocycles. The molecule has 126 valence electrons. The standard InChI is InChI=1S/C21H26N2O/c1-15-9-7-11-20(17(15)3)23-13-12-22(18(4)21(23)24)14-19-10-6-5-8-16(19)2/h5-11,18H,12-14H2,1-4H3/t18-/m1/s1. The maximum atomic E-state index is 13.0. The van der Waals surface area contributed by atoms with Crippen molar-refractivity contribution in [2.45, 2.75) is 40.3 Å². The van der Waals surface area contributed by atoms with E-state index in [-0.39, 0.29) is 11.9 Å². The molecule has 24 heavy (non-hydrogen) atoms. The first-order chi connectivity index (χ1) is 11.5. The van der Waals surface area contributed by atoms with Crippen molar-refractivity contribution in [3.8, 4) is 0 Å². The van der Waals surface area contributed by atoms with E-state index in [2.05, 4.69) is 62.1 Å². The molecule has 0 saturated carbocycles. The van der Waals surface area contributed by atoms with Crippen LogP contribution < -0.4 is 4.90 Å². The number of piperazine rings is 1. The number of carbonyl (C=O) groups excluding carboxylic acids is 1. The lowest BCUT2D eigenvalue weighted by atomic mass is 10.0. The van der Waals surface area contributed by atoms with E-state index in [1.165, 1.54) is 22.3 Å². The third-order valence-corrected chi connectivity index (χ3v) is 5.28. The van der Waals surface area contributed by atoms with Gasteiger partial charge in [0.1, 0.15) is 0 Å². The van der Waals surface area contributed by atoms with Gasteiger partial charge in [-0.3, -0.25) is 9.69 Å². The van der Waals surface area contributed by atoms with E-state index in [9.17, 15) is 4.79 Å². The van der Waals surface area contributed by atoms with Gasteiger partial charge in [-0.25, -0.2) is 0 Å². The van der Waals surface area contributed by atoms with Gasteiger partial charge >= 0.3 is 0 Å². The van der Waals surface area contributed by atoms with Crippen molar-refractivity contribution in [2.24, 2.45) is 0 Å². The first-order valence-electron chi connectivity index (χ1n) is 8.65. The summed E-state index contributed by atoms with van der Waals surface area (Å²) in [5.74, 6) is 0.198. The SMILES string of the molecule is Cc1ccccc1CN1CCN(c2cccc(C)c2C)C(=O)[C@H]1C. The van der Waals surface area contributed by atoms with E-state index in [4.69, 9.17) is 0 Å². The molecule has 2 aromatic carbocycles. The number of amides is 1. The Labute approximate surface area is 144 Å². The minimum Gasteiger partial charge on any atom is -0.310 e. The molecule has 0 radical (unpaired) electrons. The molecular formula is C21H26N2O. The average molecular weight is 322 g/mol. The van der Waals surface area contributed by atoms with Crippen molar-refractivity contribution in [3.05, 3.63) is 64.7 Å². The van der Waals surface area contributed by atoms with Crippen LogP contribution in [0.5, 0.6) is 0 Å². The summed E-state index contributed by atoms with van der Waals surface area (Å²) < 4.78 is 0. The molecule has 1 aliphatic rings. The fraction of sp³-hybridized carbons (Fsp3) is 0.381. The Balaban J connectivity index is 1.79. The largest absolute Gasteiger partial charge is 0.310 e. The Morgan fingerprint density at radius 3 is 2.42 bits per heavy atom. The fourth-order valence-corrected chi connectivity index (χ4v) is 3.40. The first-order valence-corrected chi connectivity index (χ1v) is 8.65. The minimum absolute atomic E-state index is 0.0988. The van der Waals surface area contributed by atoms with Crippen LogP contribution in [-0.4, -0.2) is 29.9 Å². The molecule has 3 nitrogen and oxygen atoms in total. The molecular weight excluding hydrogens is 296 g/mol. The summed E-state index contributed by atoms with van der Waals surface area (Å²) in [7, 11) is 0. The zero-order chi connectivity index (χ0) is 17.3. The number of aryl methyl sites for hydroxylation is 2. The predicted octanol–water partition coefficient (Wildman–Crippen LogP) is 3.85. The highest BCUT2D eigenvalue weighted by Gasteiger charge is 2.32. The molecule has 1 atom stereocenters. The van der Waals surface area contributed by atoms with Gasteiger partial charge in [0.25, 0.3) is 0 Å². The van der Waals surface area contributed by atoms with Gasteiger partial charge in [0.05, 0.1) is 6.04 Å². The van der Waals surface area contributed by atoms with Crippen LogP contribution in [-0.2, 0) is 11.3 Å². The summed E-state index contributed by atoms with van der Waals surface area (Å²) in [6.45, 7) is 10.8. The third-order valence-electron chi connectivity index (χ3n) is 5.28. The monoisotopic (exact) mass is 322 g/mol. The zero-order valence-corrected chi connectivity index (χ0v) is 15.0. The van der Waals surface area contributed by atoms with Crippen molar-refractivity contribution in [1.82, 2.24) is 4.90 Å². The second kappa shape index (κ2) is 6.78. The lowest BCUT2D eigenvalue weighted by Gasteiger charge is -2.40. The number of anilines is 1. The Bertz CT molecular complexity index is 753. The topological polar surface area (TPSA) is 23.6 Å². The van der Waals surface area contributed by atoms with Crippen molar-refractivity contribution in [2.75, 3.05) is 18.0 Å². The third kappa shape index (κ3) is 3.09. The molecule has 2 aromatic rings. The summed E-state index contributed by atoms with van der Waals surface area (Å²) >= 11 is 0. The van der Waals surface area contributed by atoms with Gasteiger partial charge in [0.2, 0.25) is 5.91 Å². The van der Waals surface area contributed by atoms with Crippen LogP contribution in [0.4, 0.5) is 5.69 Å². The molecule has 3 rings (SSSR count). The Hall–Kier alpha value is -2.13. The highest BCUT2D eigenvalue weighted by Crippen LogP contribution is 2.27. The second-order valence-corrected chi connectivity index (χ2v) is 6.78. The lowest BCUT2D eigenvalue weighted by Crippen LogP contribution is -2.55. The van der Waals surface area contributed by atoms with Gasteiger partial charge in [-0.1, -0.05) is 36.4 Å². The Morgan fingerprint density at radius 1 is 0.958 bits per heavy atom. The van der Waals surface area contributed by atoms with E-state index < -0.39 is 0 Å². The van der Waals surface area contributed by atoms with Crippen LogP contribution in [0.1, 0.15) is 29.2 Å². The molecule has 1 fully saturated rings. The highest BCUT2D eigenvalue weighted by molar-refractivity contribution is 5.98. The van der Waals surface area contributed by atoms with Crippen LogP contribution in [0, 0.1) is 20.8 Å². The van der Waals surface area contributed by atoms with Gasteiger partial charge in [-0.2, -0.15) is 0 Å². The van der Waals surface area contributed by atoms with E-state index >= 15 is 0 Å². The van der Waals surface area contributed by atoms with Gasteiger partial charge < -0.3 is 4.90 Å². The zero-order valence-electron chi connectivity index (χ0n) is 15.0. The number of hydrogen-bond donors (Lipinski definition) is 0. The molecule has 1 amide bonds. The molecule has 1 heterocycles. The van der Waals surface area contributed by atoms with Crippen LogP contribution >= 0.6 is 0 Å². The van der Waals surface area contributed by atoms with E-state index in [0.29, 0.717) is 0 Å². The number of carbonyl (C=O) groups is 1. The van der Waals surface area contributed by atoms with Crippen molar-refractivity contribution in [1.29, 1.82) is 0 Å². The smallest absolute Gasteiger partial charge is 0.244 e. The van der Waals surface area contributed by atoms with E-state index in [1.807, 2.05) is 17.9 Å². The predicted molar refractivity (Wildman–Crippen MR) is 99.3 cm³/mol. The van der Waals surface area contributed by atoms with Gasteiger partial charge in [0, 0.05) is 25.3 Å². The number of hydrogen-bond acceptors (Lipinski definition) is 2. The molecule has 0 spiro atoms. The van der Waals surface area contributed by atoms with Crippen LogP contribution in [0.3, 0.4) is 0 Å². The van der Waals surface area contributed by atoms with Crippen molar-refractivity contribution >= 4 is 11.6 Å². The molecule has 0 N–H and O–H groups in total. The molecule has 0 aromatic heterocycles. The first kappa shape index (κ1) is 16.7. The Morgan fingerprint density at radius 2 is 1.67 bits per heavy atom. The Kier molecular flexibility index (Phi) is 4.72. The summed E-state index contributed by atoms with van der Waals surface area (Å²) in [4.78, 5) is 17.2. The quantitative estimate of drug-likeness (QED) is 0.857. The maximum Gasteiger partial charge on any atom is 0.244 e. The minimum atomic E-state index is -0.0988. The number of nitrogens with zero attached hydrogens (tertiary/aromatic N) is 2. The van der Waals surface area contributed by atoms with E-state index in [0.717, 1.165) is 25.3 Å². The number of benzene rings is 2. The summed E-state index contributed by atoms with van der Waals surface area (Å²) in [6, 6.07) is 14.5. The molecule has 0 bridgehead atoms. The van der Waals surface area contributed by atoms with Crippen LogP contribution in [0.15, 0.2) is 42.5 Å². The number of rotatable bonds is 3. The van der Waals surface area contributed by atoms with Gasteiger partial charge in [-0.05, 0) is 56.0 Å². The van der Waals surface area contributed by atoms with Crippen molar-refractivity contribution in [3.63, 3.8) is 0 Å². The van der Waals surface area contributed by atoms with Crippen LogP contribution in [0.25, 0.3) is 0 Å². The van der Waals surface area contributed by atoms with Crippen molar-refractivity contribution < 1.29 is 4.79 Å². The van der Waals surface area contributed by atoms with Crippen LogP contribution in [0.2, 0.25) is 0 Å².